The lowest BCUT2D eigenvalue weighted by atomic mass is 10.3. The molecule has 0 bridgehead atoms. The first-order valence-electron chi connectivity index (χ1n) is 6.01. The van der Waals surface area contributed by atoms with Crippen LogP contribution in [-0.2, 0) is 22.5 Å². The van der Waals surface area contributed by atoms with Crippen LogP contribution in [0.2, 0.25) is 0 Å². The number of aromatic nitrogens is 3. The fraction of sp³-hybridized carbons (Fsp3) is 0.417. The first kappa shape index (κ1) is 13.5. The van der Waals surface area contributed by atoms with E-state index in [4.69, 9.17) is 4.74 Å². The van der Waals surface area contributed by atoms with Crippen LogP contribution in [0.5, 0.6) is 0 Å². The van der Waals surface area contributed by atoms with Crippen LogP contribution in [-0.4, -0.2) is 27.8 Å². The molecule has 0 unspecified atom stereocenters. The Morgan fingerprint density at radius 1 is 1.58 bits per heavy atom. The van der Waals surface area contributed by atoms with Gasteiger partial charge in [-0.3, -0.25) is 9.89 Å². The van der Waals surface area contributed by atoms with Crippen molar-refractivity contribution in [2.24, 2.45) is 0 Å². The molecule has 0 amide bonds. The highest BCUT2D eigenvalue weighted by Crippen LogP contribution is 2.17. The van der Waals surface area contributed by atoms with Gasteiger partial charge in [0.15, 0.2) is 5.13 Å². The molecule has 0 fully saturated rings. The van der Waals surface area contributed by atoms with Crippen LogP contribution in [0, 0.1) is 6.92 Å². The van der Waals surface area contributed by atoms with Crippen molar-refractivity contribution in [2.45, 2.75) is 26.8 Å². The maximum absolute atomic E-state index is 11.3. The number of H-pyrrole nitrogens is 1. The number of esters is 1. The Morgan fingerprint density at radius 3 is 3.11 bits per heavy atom. The van der Waals surface area contributed by atoms with Gasteiger partial charge in [-0.15, -0.1) is 11.3 Å². The summed E-state index contributed by atoms with van der Waals surface area (Å²) in [6.07, 6.45) is 2.01. The second-order valence-electron chi connectivity index (χ2n) is 4.00. The SMILES string of the molecule is CCOC(=O)Cc1csc(NCc2cn[nH]c2C)n1. The highest BCUT2D eigenvalue weighted by molar-refractivity contribution is 7.13. The van der Waals surface area contributed by atoms with Gasteiger partial charge in [0.25, 0.3) is 0 Å². The topological polar surface area (TPSA) is 79.9 Å². The van der Waals surface area contributed by atoms with Gasteiger partial charge in [0.2, 0.25) is 0 Å². The van der Waals surface area contributed by atoms with Gasteiger partial charge in [-0.1, -0.05) is 0 Å². The summed E-state index contributed by atoms with van der Waals surface area (Å²) in [6, 6.07) is 0. The van der Waals surface area contributed by atoms with Crippen molar-refractivity contribution in [3.05, 3.63) is 28.5 Å². The molecule has 7 heteroatoms. The van der Waals surface area contributed by atoms with Crippen LogP contribution in [0.3, 0.4) is 0 Å². The zero-order chi connectivity index (χ0) is 13.7. The van der Waals surface area contributed by atoms with E-state index >= 15 is 0 Å². The maximum Gasteiger partial charge on any atom is 0.311 e. The lowest BCUT2D eigenvalue weighted by Gasteiger charge is -2.01. The molecule has 0 aliphatic heterocycles. The molecule has 0 spiro atoms. The standard InChI is InChI=1S/C12H16N4O2S/c1-3-18-11(17)4-10-7-19-12(15-10)13-5-9-6-14-16-8(9)2/h6-7H,3-5H2,1-2H3,(H,13,15)(H,14,16). The molecular formula is C12H16N4O2S. The molecule has 2 aromatic rings. The Hall–Kier alpha value is -1.89. The van der Waals surface area contributed by atoms with E-state index in [2.05, 4.69) is 20.5 Å². The number of rotatable bonds is 6. The molecule has 102 valence electrons. The van der Waals surface area contributed by atoms with Crippen molar-refractivity contribution in [3.63, 3.8) is 0 Å². The van der Waals surface area contributed by atoms with Crippen molar-refractivity contribution in [2.75, 3.05) is 11.9 Å². The molecule has 0 atom stereocenters. The van der Waals surface area contributed by atoms with Gasteiger partial charge >= 0.3 is 5.97 Å². The van der Waals surface area contributed by atoms with Crippen LogP contribution < -0.4 is 5.32 Å². The minimum Gasteiger partial charge on any atom is -0.466 e. The summed E-state index contributed by atoms with van der Waals surface area (Å²) in [4.78, 5) is 15.7. The highest BCUT2D eigenvalue weighted by Gasteiger charge is 2.08. The molecule has 0 aromatic carbocycles. The molecule has 0 radical (unpaired) electrons. The van der Waals surface area contributed by atoms with E-state index in [0.717, 1.165) is 22.1 Å². The number of nitrogens with zero attached hydrogens (tertiary/aromatic N) is 2. The Bertz CT molecular complexity index is 549. The number of aromatic amines is 1. The Kier molecular flexibility index (Phi) is 4.51. The minimum absolute atomic E-state index is 0.219. The van der Waals surface area contributed by atoms with Gasteiger partial charge in [0.1, 0.15) is 0 Å². The normalized spacial score (nSPS) is 10.4. The smallest absolute Gasteiger partial charge is 0.311 e. The molecule has 0 saturated carbocycles. The monoisotopic (exact) mass is 280 g/mol. The highest BCUT2D eigenvalue weighted by atomic mass is 32.1. The third-order valence-electron chi connectivity index (χ3n) is 2.55. The van der Waals surface area contributed by atoms with Gasteiger partial charge in [0.05, 0.1) is 24.9 Å². The van der Waals surface area contributed by atoms with Crippen molar-refractivity contribution in [3.8, 4) is 0 Å². The van der Waals surface area contributed by atoms with Crippen molar-refractivity contribution < 1.29 is 9.53 Å². The number of anilines is 1. The van der Waals surface area contributed by atoms with Crippen molar-refractivity contribution in [1.82, 2.24) is 15.2 Å². The largest absolute Gasteiger partial charge is 0.466 e. The number of aryl methyl sites for hydroxylation is 1. The number of hydrogen-bond donors (Lipinski definition) is 2. The van der Waals surface area contributed by atoms with Crippen LogP contribution in [0.4, 0.5) is 5.13 Å². The third kappa shape index (κ3) is 3.78. The van der Waals surface area contributed by atoms with Crippen molar-refractivity contribution >= 4 is 22.4 Å². The molecule has 6 nitrogen and oxygen atoms in total. The number of ether oxygens (including phenoxy) is 1. The second kappa shape index (κ2) is 6.33. The molecule has 0 saturated heterocycles. The van der Waals surface area contributed by atoms with E-state index in [-0.39, 0.29) is 12.4 Å². The summed E-state index contributed by atoms with van der Waals surface area (Å²) in [6.45, 7) is 4.82. The Labute approximate surface area is 115 Å². The number of nitrogens with one attached hydrogen (secondary N) is 2. The second-order valence-corrected chi connectivity index (χ2v) is 4.86. The molecular weight excluding hydrogens is 264 g/mol. The summed E-state index contributed by atoms with van der Waals surface area (Å²) in [7, 11) is 0. The number of carbonyl (C=O) groups is 1. The molecule has 2 rings (SSSR count). The van der Waals surface area contributed by atoms with E-state index in [1.54, 1.807) is 13.1 Å². The lowest BCUT2D eigenvalue weighted by molar-refractivity contribution is -0.142. The van der Waals surface area contributed by atoms with E-state index in [0.29, 0.717) is 13.2 Å². The van der Waals surface area contributed by atoms with E-state index in [9.17, 15) is 4.79 Å². The zero-order valence-corrected chi connectivity index (χ0v) is 11.7. The summed E-state index contributed by atoms with van der Waals surface area (Å²) in [5.74, 6) is -0.245. The number of thiazole rings is 1. The van der Waals surface area contributed by atoms with E-state index < -0.39 is 0 Å². The van der Waals surface area contributed by atoms with E-state index in [1.165, 1.54) is 11.3 Å². The first-order valence-corrected chi connectivity index (χ1v) is 6.89. The fourth-order valence-corrected chi connectivity index (χ4v) is 2.26. The van der Waals surface area contributed by atoms with Crippen LogP contribution >= 0.6 is 11.3 Å². The minimum atomic E-state index is -0.245. The summed E-state index contributed by atoms with van der Waals surface area (Å²) >= 11 is 1.48. The van der Waals surface area contributed by atoms with E-state index in [1.807, 2.05) is 12.3 Å². The van der Waals surface area contributed by atoms with Crippen LogP contribution in [0.25, 0.3) is 0 Å². The quantitative estimate of drug-likeness (QED) is 0.790. The van der Waals surface area contributed by atoms with Crippen molar-refractivity contribution in [1.29, 1.82) is 0 Å². The molecule has 0 aliphatic carbocycles. The molecule has 0 aliphatic rings. The summed E-state index contributed by atoms with van der Waals surface area (Å²) in [5.41, 5.74) is 2.87. The predicted molar refractivity (Wildman–Crippen MR) is 73.1 cm³/mol. The number of hydrogen-bond acceptors (Lipinski definition) is 6. The summed E-state index contributed by atoms with van der Waals surface area (Å²) in [5, 5.41) is 12.7. The van der Waals surface area contributed by atoms with Gasteiger partial charge in [-0.2, -0.15) is 5.10 Å². The van der Waals surface area contributed by atoms with Gasteiger partial charge in [0, 0.05) is 23.2 Å². The third-order valence-corrected chi connectivity index (χ3v) is 3.40. The Morgan fingerprint density at radius 2 is 2.42 bits per heavy atom. The van der Waals surface area contributed by atoms with Gasteiger partial charge in [-0.05, 0) is 13.8 Å². The lowest BCUT2D eigenvalue weighted by Crippen LogP contribution is -2.08. The molecule has 2 aromatic heterocycles. The zero-order valence-electron chi connectivity index (χ0n) is 10.9. The fourth-order valence-electron chi connectivity index (χ4n) is 1.55. The Balaban J connectivity index is 1.87. The average Bonchev–Trinajstić information content (AvgIpc) is 2.96. The first-order chi connectivity index (χ1) is 9.19. The molecule has 19 heavy (non-hydrogen) atoms. The van der Waals surface area contributed by atoms with Gasteiger partial charge < -0.3 is 10.1 Å². The summed E-state index contributed by atoms with van der Waals surface area (Å²) < 4.78 is 4.88. The van der Waals surface area contributed by atoms with Gasteiger partial charge in [-0.25, -0.2) is 4.98 Å². The van der Waals surface area contributed by atoms with Crippen LogP contribution in [0.1, 0.15) is 23.9 Å². The molecule has 2 N–H and O–H groups in total. The maximum atomic E-state index is 11.3. The average molecular weight is 280 g/mol. The van der Waals surface area contributed by atoms with Crippen LogP contribution in [0.15, 0.2) is 11.6 Å². The molecule has 2 heterocycles. The predicted octanol–water partition coefficient (Wildman–Crippen LogP) is 1.89. The number of carbonyl (C=O) groups excluding carboxylic acids is 1.